The Morgan fingerprint density at radius 2 is 1.17 bits per heavy atom. The second-order valence-electron chi connectivity index (χ2n) is 14.2. The van der Waals surface area contributed by atoms with Crippen LogP contribution in [0.5, 0.6) is 0 Å². The predicted molar refractivity (Wildman–Crippen MR) is 159 cm³/mol. The Kier molecular flexibility index (Phi) is 7.73. The van der Waals surface area contributed by atoms with E-state index < -0.39 is 36.7 Å². The summed E-state index contributed by atoms with van der Waals surface area (Å²) in [4.78, 5) is 1.38. The van der Waals surface area contributed by atoms with E-state index in [1.807, 2.05) is 11.3 Å². The van der Waals surface area contributed by atoms with Crippen LogP contribution < -0.4 is 0 Å². The molecule has 2 aromatic rings. The van der Waals surface area contributed by atoms with Crippen LogP contribution in [-0.2, 0) is 9.31 Å². The molecule has 0 radical (unpaired) electrons. The molecule has 1 aromatic heterocycles. The molecule has 0 unspecified atom stereocenters. The fraction of sp³-hybridized carbons (Fsp3) is 0.600. The summed E-state index contributed by atoms with van der Waals surface area (Å²) in [5.41, 5.74) is 1.67. The van der Waals surface area contributed by atoms with Crippen molar-refractivity contribution in [3.05, 3.63) is 58.3 Å². The van der Waals surface area contributed by atoms with Crippen LogP contribution in [0.1, 0.15) is 100 Å². The van der Waals surface area contributed by atoms with Crippen LogP contribution in [-0.4, -0.2) is 36.7 Å². The molecule has 1 saturated heterocycles. The van der Waals surface area contributed by atoms with E-state index in [4.69, 9.17) is 9.31 Å². The average molecular weight is 601 g/mol. The molecule has 5 heteroatoms. The third-order valence-corrected chi connectivity index (χ3v) is 32.7. The Hall–Kier alpha value is -0.556. The maximum atomic E-state index is 6.85. The minimum atomic E-state index is -3.53. The Balaban J connectivity index is 2.60. The fourth-order valence-electron chi connectivity index (χ4n) is 7.42. The van der Waals surface area contributed by atoms with Crippen molar-refractivity contribution in [2.45, 2.75) is 112 Å². The summed E-state index contributed by atoms with van der Waals surface area (Å²) in [5, 5.41) is 2.23. The molecule has 2 heterocycles. The van der Waals surface area contributed by atoms with Gasteiger partial charge in [-0.25, -0.2) is 0 Å². The van der Waals surface area contributed by atoms with Gasteiger partial charge >= 0.3 is 225 Å². The Morgan fingerprint density at radius 1 is 0.714 bits per heavy atom. The van der Waals surface area contributed by atoms with E-state index >= 15 is 0 Å². The molecule has 192 valence electrons. The summed E-state index contributed by atoms with van der Waals surface area (Å²) in [5.74, 6) is 0. The van der Waals surface area contributed by atoms with Crippen LogP contribution in [0.4, 0.5) is 0 Å². The zero-order valence-corrected chi connectivity index (χ0v) is 28.1. The van der Waals surface area contributed by atoms with Crippen molar-refractivity contribution in [3.63, 3.8) is 0 Å². The normalized spacial score (nSPS) is 19.6. The van der Waals surface area contributed by atoms with Gasteiger partial charge in [0, 0.05) is 0 Å². The van der Waals surface area contributed by atoms with Gasteiger partial charge in [0.1, 0.15) is 0 Å². The fourth-order valence-corrected chi connectivity index (χ4v) is 38.5. The third-order valence-electron chi connectivity index (χ3n) is 8.36. The van der Waals surface area contributed by atoms with Crippen LogP contribution in [0, 0.1) is 0 Å². The number of thiophene rings is 1. The molecule has 1 aliphatic rings. The summed E-state index contributed by atoms with van der Waals surface area (Å²) >= 11 is -1.66. The van der Waals surface area contributed by atoms with Crippen molar-refractivity contribution in [2.24, 2.45) is 0 Å². The van der Waals surface area contributed by atoms with Gasteiger partial charge in [0.25, 0.3) is 0 Å². The van der Waals surface area contributed by atoms with Crippen LogP contribution in [0.15, 0.2) is 47.8 Å². The molecule has 0 spiro atoms. The first-order valence-electron chi connectivity index (χ1n) is 13.0. The van der Waals surface area contributed by atoms with Crippen LogP contribution in [0.2, 0.25) is 10.3 Å². The van der Waals surface area contributed by atoms with E-state index in [1.165, 1.54) is 15.9 Å². The van der Waals surface area contributed by atoms with E-state index in [-0.39, 0.29) is 10.3 Å². The van der Waals surface area contributed by atoms with Gasteiger partial charge in [-0.2, -0.15) is 0 Å². The molecule has 3 rings (SSSR count). The number of hydrogen-bond donors (Lipinski definition) is 0. The first kappa shape index (κ1) is 29.0. The molecule has 2 nitrogen and oxygen atoms in total. The van der Waals surface area contributed by atoms with E-state index in [1.54, 1.807) is 3.59 Å². The van der Waals surface area contributed by atoms with E-state index in [2.05, 4.69) is 138 Å². The predicted octanol–water partition coefficient (Wildman–Crippen LogP) is 9.68. The summed E-state index contributed by atoms with van der Waals surface area (Å²) in [6.45, 7) is 31.1. The van der Waals surface area contributed by atoms with Gasteiger partial charge in [-0.15, -0.1) is 0 Å². The van der Waals surface area contributed by atoms with Crippen LogP contribution in [0.3, 0.4) is 0 Å². The molecule has 1 aliphatic heterocycles. The summed E-state index contributed by atoms with van der Waals surface area (Å²) in [6, 6.07) is 15.4. The van der Waals surface area contributed by atoms with Crippen LogP contribution in [0.25, 0.3) is 9.06 Å². The molecule has 0 bridgehead atoms. The maximum absolute atomic E-state index is 6.85. The third kappa shape index (κ3) is 4.86. The number of rotatable bonds is 4. The van der Waals surface area contributed by atoms with Gasteiger partial charge in [0.2, 0.25) is 0 Å². The molecule has 0 aliphatic carbocycles. The first-order chi connectivity index (χ1) is 15.8. The SMILES string of the molecule is CC1(C)OB(/C(=[C](/c2cccs2)[Sn]([C](C)(C)C)([C](C)(C)C)[C](C)(C)C)c2ccccc2)OC1(C)C. The van der Waals surface area contributed by atoms with Crippen molar-refractivity contribution in [1.29, 1.82) is 0 Å². The van der Waals surface area contributed by atoms with Gasteiger partial charge in [-0.1, -0.05) is 0 Å². The summed E-state index contributed by atoms with van der Waals surface area (Å²) < 4.78 is 15.7. The quantitative estimate of drug-likeness (QED) is 0.325. The molecule has 0 N–H and O–H groups in total. The van der Waals surface area contributed by atoms with E-state index in [0.717, 1.165) is 0 Å². The molecule has 0 saturated carbocycles. The summed E-state index contributed by atoms with van der Waals surface area (Å²) in [6.07, 6.45) is 0. The number of benzene rings is 1. The zero-order valence-electron chi connectivity index (χ0n) is 24.4. The Labute approximate surface area is 223 Å². The monoisotopic (exact) mass is 602 g/mol. The van der Waals surface area contributed by atoms with Crippen molar-refractivity contribution in [1.82, 2.24) is 0 Å². The first-order valence-corrected chi connectivity index (χ1v) is 19.6. The van der Waals surface area contributed by atoms with Gasteiger partial charge in [-0.3, -0.25) is 0 Å². The van der Waals surface area contributed by atoms with Crippen molar-refractivity contribution in [2.75, 3.05) is 0 Å². The van der Waals surface area contributed by atoms with Gasteiger partial charge in [0.05, 0.1) is 0 Å². The summed E-state index contributed by atoms with van der Waals surface area (Å²) in [7, 11) is -0.414. The van der Waals surface area contributed by atoms with Gasteiger partial charge < -0.3 is 0 Å². The molecule has 0 atom stereocenters. The minimum absolute atomic E-state index is 0.147. The second-order valence-corrected chi connectivity index (χ2v) is 33.7. The van der Waals surface area contributed by atoms with Gasteiger partial charge in [0.15, 0.2) is 0 Å². The van der Waals surface area contributed by atoms with E-state index in [9.17, 15) is 0 Å². The Bertz CT molecular complexity index is 996. The molecular weight excluding hydrogens is 554 g/mol. The van der Waals surface area contributed by atoms with Crippen molar-refractivity contribution >= 4 is 45.9 Å². The topological polar surface area (TPSA) is 18.5 Å². The van der Waals surface area contributed by atoms with Crippen molar-refractivity contribution in [3.8, 4) is 0 Å². The number of hydrogen-bond acceptors (Lipinski definition) is 3. The zero-order chi connectivity index (χ0) is 26.7. The molecule has 1 fully saturated rings. The Morgan fingerprint density at radius 3 is 1.54 bits per heavy atom. The molecule has 0 amide bonds. The average Bonchev–Trinajstić information content (AvgIpc) is 3.25. The van der Waals surface area contributed by atoms with E-state index in [0.29, 0.717) is 0 Å². The van der Waals surface area contributed by atoms with Crippen molar-refractivity contribution < 1.29 is 9.31 Å². The van der Waals surface area contributed by atoms with Crippen LogP contribution >= 0.6 is 11.3 Å². The second kappa shape index (κ2) is 9.32. The molecule has 1 aromatic carbocycles. The van der Waals surface area contributed by atoms with Gasteiger partial charge in [-0.05, 0) is 0 Å². The molecular formula is C30H47BO2SSn. The molecule has 35 heavy (non-hydrogen) atoms. The standard InChI is InChI=1S/C18H20BO2S.3C4H9.Sn/c1-17(2)18(3,4)21-19(20-17)16(13-15-11-8-12-22-15)14-9-6-5-7-10-14;3*1-4(2)3;/h5-12H,1-4H3;3*1-3H3;.